The number of nitrogens with zero attached hydrogens (tertiary/aromatic N) is 2. The molecule has 1 atom stereocenters. The number of aromatic nitrogens is 2. The second-order valence-corrected chi connectivity index (χ2v) is 9.67. The van der Waals surface area contributed by atoms with Gasteiger partial charge in [0.05, 0.1) is 17.6 Å². The Balaban J connectivity index is 1.65. The van der Waals surface area contributed by atoms with Crippen LogP contribution in [-0.2, 0) is 23.5 Å². The van der Waals surface area contributed by atoms with Crippen molar-refractivity contribution in [3.63, 3.8) is 0 Å². The van der Waals surface area contributed by atoms with Gasteiger partial charge in [-0.3, -0.25) is 0 Å². The lowest BCUT2D eigenvalue weighted by Crippen LogP contribution is -2.33. The highest BCUT2D eigenvalue weighted by molar-refractivity contribution is 7.98. The average molecular weight is 440 g/mol. The van der Waals surface area contributed by atoms with Crippen LogP contribution >= 0.6 is 46.3 Å². The molecule has 0 radical (unpaired) electrons. The molecule has 0 spiro atoms. The SMILES string of the molecule is CC[C@@]1(C)Cc2c(sc3nc(SCc4c(Cl)cccc4Cl)nc(N)c23)CO1. The Hall–Kier alpha value is -1.05. The third-order valence-electron chi connectivity index (χ3n) is 5.00. The summed E-state index contributed by atoms with van der Waals surface area (Å²) in [6, 6.07) is 5.50. The number of rotatable bonds is 4. The molecule has 0 saturated carbocycles. The predicted octanol–water partition coefficient (Wildman–Crippen LogP) is 6.11. The summed E-state index contributed by atoms with van der Waals surface area (Å²) in [4.78, 5) is 11.4. The standard InChI is InChI=1S/C19H19Cl2N3OS2/c1-3-19(2)7-10-14(8-25-19)27-17-15(10)16(22)23-18(24-17)26-9-11-12(20)5-4-6-13(11)21/h4-6H,3,7-9H2,1-2H3,(H2,22,23,24)/t19-/m0/s1. The molecular formula is C19H19Cl2N3OS2. The van der Waals surface area contributed by atoms with E-state index < -0.39 is 0 Å². The quantitative estimate of drug-likeness (QED) is 0.392. The van der Waals surface area contributed by atoms with E-state index in [0.717, 1.165) is 28.6 Å². The van der Waals surface area contributed by atoms with Gasteiger partial charge < -0.3 is 10.5 Å². The zero-order valence-corrected chi connectivity index (χ0v) is 18.2. The fourth-order valence-electron chi connectivity index (χ4n) is 3.18. The van der Waals surface area contributed by atoms with Crippen molar-refractivity contribution in [1.82, 2.24) is 9.97 Å². The van der Waals surface area contributed by atoms with E-state index in [0.29, 0.717) is 33.4 Å². The van der Waals surface area contributed by atoms with Crippen LogP contribution in [0.1, 0.15) is 36.3 Å². The average Bonchev–Trinajstić information content (AvgIpc) is 2.99. The molecule has 4 nitrogen and oxygen atoms in total. The van der Waals surface area contributed by atoms with E-state index in [4.69, 9.17) is 38.7 Å². The highest BCUT2D eigenvalue weighted by atomic mass is 35.5. The summed E-state index contributed by atoms with van der Waals surface area (Å²) in [6.07, 6.45) is 1.80. The summed E-state index contributed by atoms with van der Waals surface area (Å²) in [5, 5.41) is 2.91. The summed E-state index contributed by atoms with van der Waals surface area (Å²) < 4.78 is 6.06. The van der Waals surface area contributed by atoms with Gasteiger partial charge in [-0.2, -0.15) is 0 Å². The zero-order valence-electron chi connectivity index (χ0n) is 15.0. The fourth-order valence-corrected chi connectivity index (χ4v) is 5.94. The van der Waals surface area contributed by atoms with Gasteiger partial charge >= 0.3 is 0 Å². The Morgan fingerprint density at radius 2 is 2.04 bits per heavy atom. The first-order valence-electron chi connectivity index (χ1n) is 8.67. The van der Waals surface area contributed by atoms with Gasteiger partial charge in [0.1, 0.15) is 10.6 Å². The second kappa shape index (κ2) is 7.41. The van der Waals surface area contributed by atoms with Crippen molar-refractivity contribution in [2.75, 3.05) is 5.73 Å². The molecule has 0 bridgehead atoms. The maximum absolute atomic E-state index is 6.33. The molecule has 0 fully saturated rings. The van der Waals surface area contributed by atoms with Gasteiger partial charge in [-0.15, -0.1) is 11.3 Å². The third kappa shape index (κ3) is 3.66. The number of hydrogen-bond acceptors (Lipinski definition) is 6. The smallest absolute Gasteiger partial charge is 0.191 e. The Morgan fingerprint density at radius 3 is 2.74 bits per heavy atom. The maximum Gasteiger partial charge on any atom is 0.191 e. The summed E-state index contributed by atoms with van der Waals surface area (Å²) in [5.41, 5.74) is 8.31. The lowest BCUT2D eigenvalue weighted by molar-refractivity contribution is -0.0542. The van der Waals surface area contributed by atoms with E-state index in [-0.39, 0.29) is 5.60 Å². The van der Waals surface area contributed by atoms with Crippen LogP contribution in [0.5, 0.6) is 0 Å². The van der Waals surface area contributed by atoms with Crippen LogP contribution in [0.3, 0.4) is 0 Å². The Kier molecular flexibility index (Phi) is 5.29. The number of thioether (sulfide) groups is 1. The van der Waals surface area contributed by atoms with Crippen LogP contribution < -0.4 is 5.73 Å². The summed E-state index contributed by atoms with van der Waals surface area (Å²) in [5.74, 6) is 1.12. The number of anilines is 1. The molecule has 1 aliphatic heterocycles. The van der Waals surface area contributed by atoms with E-state index in [1.165, 1.54) is 22.2 Å². The van der Waals surface area contributed by atoms with Gasteiger partial charge in [0, 0.05) is 27.1 Å². The molecule has 0 unspecified atom stereocenters. The normalized spacial score (nSPS) is 19.4. The van der Waals surface area contributed by atoms with Crippen molar-refractivity contribution in [1.29, 1.82) is 0 Å². The molecule has 0 aliphatic carbocycles. The lowest BCUT2D eigenvalue weighted by Gasteiger charge is -2.33. The molecule has 142 valence electrons. The maximum atomic E-state index is 6.33. The molecule has 2 N–H and O–H groups in total. The Morgan fingerprint density at radius 1 is 1.30 bits per heavy atom. The van der Waals surface area contributed by atoms with Crippen LogP contribution in [0.15, 0.2) is 23.4 Å². The molecule has 27 heavy (non-hydrogen) atoms. The van der Waals surface area contributed by atoms with Crippen molar-refractivity contribution < 1.29 is 4.74 Å². The number of thiophene rings is 1. The molecule has 0 amide bonds. The molecule has 1 aromatic carbocycles. The first-order valence-corrected chi connectivity index (χ1v) is 11.2. The number of ether oxygens (including phenoxy) is 1. The minimum absolute atomic E-state index is 0.151. The van der Waals surface area contributed by atoms with E-state index in [9.17, 15) is 0 Å². The highest BCUT2D eigenvalue weighted by Crippen LogP contribution is 2.42. The zero-order chi connectivity index (χ0) is 19.2. The summed E-state index contributed by atoms with van der Waals surface area (Å²) in [7, 11) is 0. The summed E-state index contributed by atoms with van der Waals surface area (Å²) >= 11 is 15.6. The molecule has 0 saturated heterocycles. The number of halogens is 2. The van der Waals surface area contributed by atoms with Gasteiger partial charge in [-0.1, -0.05) is 48.0 Å². The van der Waals surface area contributed by atoms with Crippen LogP contribution in [0.4, 0.5) is 5.82 Å². The Bertz CT molecular complexity index is 1000. The van der Waals surface area contributed by atoms with Gasteiger partial charge in [0.25, 0.3) is 0 Å². The van der Waals surface area contributed by atoms with Gasteiger partial charge in [-0.05, 0) is 36.6 Å². The number of fused-ring (bicyclic) bond motifs is 3. The first-order chi connectivity index (χ1) is 12.9. The van der Waals surface area contributed by atoms with Crippen molar-refractivity contribution >= 4 is 62.3 Å². The molecule has 8 heteroatoms. The molecule has 2 aromatic heterocycles. The summed E-state index contributed by atoms with van der Waals surface area (Å²) in [6.45, 7) is 4.90. The van der Waals surface area contributed by atoms with Crippen LogP contribution in [-0.4, -0.2) is 15.6 Å². The number of nitrogen functional groups attached to an aromatic ring is 1. The molecule has 3 aromatic rings. The van der Waals surface area contributed by atoms with Crippen molar-refractivity contribution in [3.8, 4) is 0 Å². The molecule has 4 rings (SSSR count). The van der Waals surface area contributed by atoms with E-state index in [1.807, 2.05) is 18.2 Å². The van der Waals surface area contributed by atoms with Gasteiger partial charge in [-0.25, -0.2) is 9.97 Å². The number of benzene rings is 1. The third-order valence-corrected chi connectivity index (χ3v) is 7.68. The molecular weight excluding hydrogens is 421 g/mol. The number of nitrogens with two attached hydrogens (primary N) is 1. The lowest BCUT2D eigenvalue weighted by atomic mass is 9.90. The van der Waals surface area contributed by atoms with E-state index >= 15 is 0 Å². The van der Waals surface area contributed by atoms with Crippen molar-refractivity contribution in [2.45, 2.75) is 49.8 Å². The van der Waals surface area contributed by atoms with Crippen LogP contribution in [0, 0.1) is 0 Å². The van der Waals surface area contributed by atoms with Crippen molar-refractivity contribution in [3.05, 3.63) is 44.2 Å². The Labute approximate surface area is 176 Å². The van der Waals surface area contributed by atoms with Crippen molar-refractivity contribution in [2.24, 2.45) is 0 Å². The molecule has 1 aliphatic rings. The van der Waals surface area contributed by atoms with Crippen LogP contribution in [0.2, 0.25) is 10.0 Å². The van der Waals surface area contributed by atoms with Crippen LogP contribution in [0.25, 0.3) is 10.2 Å². The van der Waals surface area contributed by atoms with Gasteiger partial charge in [0.2, 0.25) is 0 Å². The largest absolute Gasteiger partial charge is 0.383 e. The molecule has 3 heterocycles. The van der Waals surface area contributed by atoms with Gasteiger partial charge in [0.15, 0.2) is 5.16 Å². The highest BCUT2D eigenvalue weighted by Gasteiger charge is 2.33. The monoisotopic (exact) mass is 439 g/mol. The fraction of sp³-hybridized carbons (Fsp3) is 0.368. The minimum atomic E-state index is -0.151. The predicted molar refractivity (Wildman–Crippen MR) is 115 cm³/mol. The second-order valence-electron chi connectivity index (χ2n) is 6.83. The van der Waals surface area contributed by atoms with E-state index in [1.54, 1.807) is 11.3 Å². The number of hydrogen-bond donors (Lipinski definition) is 1. The topological polar surface area (TPSA) is 61.0 Å². The minimum Gasteiger partial charge on any atom is -0.383 e. The van der Waals surface area contributed by atoms with E-state index in [2.05, 4.69) is 18.8 Å². The first kappa shape index (κ1) is 19.3.